The first kappa shape index (κ1) is 10.4. The Hall–Kier alpha value is -0.610. The Balaban J connectivity index is 3.93. The lowest BCUT2D eigenvalue weighted by molar-refractivity contribution is -0.139. The molecule has 0 fully saturated rings. The maximum atomic E-state index is 10.3. The second kappa shape index (κ2) is 3.69. The number of rotatable bonds is 4. The van der Waals surface area contributed by atoms with Gasteiger partial charge in [0, 0.05) is 6.61 Å². The summed E-state index contributed by atoms with van der Waals surface area (Å²) in [6.45, 7) is 3.50. The number of carboxylic acid groups (broad SMARTS) is 1. The third-order valence-corrected chi connectivity index (χ3v) is 1.52. The van der Waals surface area contributed by atoms with Gasteiger partial charge in [0.25, 0.3) is 0 Å². The highest BCUT2D eigenvalue weighted by Gasteiger charge is 2.23. The number of carbonyl (C=O) groups is 1. The van der Waals surface area contributed by atoms with E-state index in [4.69, 9.17) is 15.9 Å². The molecule has 4 heteroatoms. The fourth-order valence-corrected chi connectivity index (χ4v) is 0.747. The molecule has 0 aliphatic heterocycles. The summed E-state index contributed by atoms with van der Waals surface area (Å²) < 4.78 is 0. The van der Waals surface area contributed by atoms with Gasteiger partial charge in [0.2, 0.25) is 0 Å². The van der Waals surface area contributed by atoms with Crippen molar-refractivity contribution in [2.24, 2.45) is 11.1 Å². The lowest BCUT2D eigenvalue weighted by Crippen LogP contribution is -2.36. The van der Waals surface area contributed by atoms with Crippen LogP contribution in [0.1, 0.15) is 20.3 Å². The molecule has 0 unspecified atom stereocenters. The minimum Gasteiger partial charge on any atom is -0.480 e. The maximum absolute atomic E-state index is 10.3. The second-order valence-corrected chi connectivity index (χ2v) is 3.47. The molecule has 0 aromatic carbocycles. The van der Waals surface area contributed by atoms with Gasteiger partial charge in [-0.15, -0.1) is 0 Å². The summed E-state index contributed by atoms with van der Waals surface area (Å²) in [4.78, 5) is 10.3. The highest BCUT2D eigenvalue weighted by Crippen LogP contribution is 2.20. The number of aliphatic hydroxyl groups is 1. The molecule has 0 saturated carbocycles. The molecule has 0 radical (unpaired) electrons. The zero-order valence-electron chi connectivity index (χ0n) is 6.87. The van der Waals surface area contributed by atoms with Gasteiger partial charge in [-0.1, -0.05) is 13.8 Å². The van der Waals surface area contributed by atoms with E-state index in [-0.39, 0.29) is 6.61 Å². The number of aliphatic hydroxyl groups excluding tert-OH is 1. The molecular formula is C7H15NO3. The van der Waals surface area contributed by atoms with Crippen LogP contribution in [-0.4, -0.2) is 28.8 Å². The lowest BCUT2D eigenvalue weighted by Gasteiger charge is -2.23. The van der Waals surface area contributed by atoms with Gasteiger partial charge >= 0.3 is 5.97 Å². The largest absolute Gasteiger partial charge is 0.480 e. The lowest BCUT2D eigenvalue weighted by atomic mass is 9.87. The maximum Gasteiger partial charge on any atom is 0.320 e. The van der Waals surface area contributed by atoms with Crippen LogP contribution in [0.4, 0.5) is 0 Å². The Labute approximate surface area is 66.0 Å². The summed E-state index contributed by atoms with van der Waals surface area (Å²) in [7, 11) is 0. The predicted octanol–water partition coefficient (Wildman–Crippen LogP) is -0.193. The summed E-state index contributed by atoms with van der Waals surface area (Å²) in [6, 6.07) is -0.878. The van der Waals surface area contributed by atoms with Crippen LogP contribution in [0.25, 0.3) is 0 Å². The van der Waals surface area contributed by atoms with Crippen molar-refractivity contribution in [3.05, 3.63) is 0 Å². The number of hydrogen-bond acceptors (Lipinski definition) is 3. The van der Waals surface area contributed by atoms with E-state index in [1.807, 2.05) is 0 Å². The minimum atomic E-state index is -1.02. The topological polar surface area (TPSA) is 83.5 Å². The van der Waals surface area contributed by atoms with Gasteiger partial charge in [-0.2, -0.15) is 0 Å². The van der Waals surface area contributed by atoms with Crippen LogP contribution in [0.2, 0.25) is 0 Å². The second-order valence-electron chi connectivity index (χ2n) is 3.47. The van der Waals surface area contributed by atoms with Gasteiger partial charge < -0.3 is 15.9 Å². The molecule has 0 aliphatic rings. The van der Waals surface area contributed by atoms with E-state index in [0.717, 1.165) is 0 Å². The molecule has 0 saturated heterocycles. The van der Waals surface area contributed by atoms with E-state index in [1.54, 1.807) is 13.8 Å². The smallest absolute Gasteiger partial charge is 0.320 e. The molecule has 0 spiro atoms. The molecule has 0 heterocycles. The van der Waals surface area contributed by atoms with Crippen LogP contribution < -0.4 is 5.73 Å². The fraction of sp³-hybridized carbons (Fsp3) is 0.857. The van der Waals surface area contributed by atoms with E-state index in [9.17, 15) is 4.79 Å². The van der Waals surface area contributed by atoms with E-state index >= 15 is 0 Å². The molecule has 0 amide bonds. The standard InChI is InChI=1S/C7H15NO3/c1-7(2,4-9)3-5(8)6(10)11/h5,9H,3-4,8H2,1-2H3,(H,10,11)/t5-/m1/s1. The highest BCUT2D eigenvalue weighted by atomic mass is 16.4. The molecule has 1 atom stereocenters. The average Bonchev–Trinajstić information content (AvgIpc) is 1.87. The molecular weight excluding hydrogens is 146 g/mol. The normalized spacial score (nSPS) is 14.5. The van der Waals surface area contributed by atoms with E-state index in [0.29, 0.717) is 6.42 Å². The third kappa shape index (κ3) is 3.95. The monoisotopic (exact) mass is 161 g/mol. The Morgan fingerprint density at radius 3 is 2.36 bits per heavy atom. The van der Waals surface area contributed by atoms with Crippen molar-refractivity contribution in [2.75, 3.05) is 6.61 Å². The molecule has 0 aliphatic carbocycles. The van der Waals surface area contributed by atoms with E-state index in [1.165, 1.54) is 0 Å². The average molecular weight is 161 g/mol. The Morgan fingerprint density at radius 1 is 1.64 bits per heavy atom. The van der Waals surface area contributed by atoms with Crippen molar-refractivity contribution in [1.29, 1.82) is 0 Å². The SMILES string of the molecule is CC(C)(CO)C[C@@H](N)C(=O)O. The number of aliphatic carboxylic acids is 1. The van der Waals surface area contributed by atoms with Gasteiger partial charge in [0.1, 0.15) is 6.04 Å². The van der Waals surface area contributed by atoms with Crippen molar-refractivity contribution in [3.8, 4) is 0 Å². The van der Waals surface area contributed by atoms with Crippen LogP contribution >= 0.6 is 0 Å². The molecule has 4 nitrogen and oxygen atoms in total. The fourth-order valence-electron chi connectivity index (χ4n) is 0.747. The zero-order valence-corrected chi connectivity index (χ0v) is 6.87. The molecule has 0 aromatic rings. The Bertz CT molecular complexity index is 145. The Kier molecular flexibility index (Phi) is 3.48. The van der Waals surface area contributed by atoms with Crippen molar-refractivity contribution >= 4 is 5.97 Å². The van der Waals surface area contributed by atoms with Gasteiger partial charge in [-0.05, 0) is 11.8 Å². The number of hydrogen-bond donors (Lipinski definition) is 3. The molecule has 0 aromatic heterocycles. The Morgan fingerprint density at radius 2 is 2.09 bits per heavy atom. The zero-order chi connectivity index (χ0) is 9.07. The van der Waals surface area contributed by atoms with Crippen molar-refractivity contribution in [1.82, 2.24) is 0 Å². The van der Waals surface area contributed by atoms with Crippen molar-refractivity contribution < 1.29 is 15.0 Å². The van der Waals surface area contributed by atoms with Crippen LogP contribution in [0, 0.1) is 5.41 Å². The van der Waals surface area contributed by atoms with Gasteiger partial charge in [-0.25, -0.2) is 0 Å². The summed E-state index contributed by atoms with van der Waals surface area (Å²) in [5, 5.41) is 17.2. The number of carboxylic acids is 1. The summed E-state index contributed by atoms with van der Waals surface area (Å²) in [5.74, 6) is -1.02. The summed E-state index contributed by atoms with van der Waals surface area (Å²) >= 11 is 0. The van der Waals surface area contributed by atoms with E-state index < -0.39 is 17.4 Å². The molecule has 0 bridgehead atoms. The van der Waals surface area contributed by atoms with Crippen LogP contribution in [0.5, 0.6) is 0 Å². The van der Waals surface area contributed by atoms with Crippen LogP contribution in [0.15, 0.2) is 0 Å². The number of nitrogens with two attached hydrogens (primary N) is 1. The van der Waals surface area contributed by atoms with E-state index in [2.05, 4.69) is 0 Å². The van der Waals surface area contributed by atoms with Gasteiger partial charge in [-0.3, -0.25) is 4.79 Å². The van der Waals surface area contributed by atoms with Gasteiger partial charge in [0.15, 0.2) is 0 Å². The summed E-state index contributed by atoms with van der Waals surface area (Å²) in [6.07, 6.45) is 0.291. The van der Waals surface area contributed by atoms with Crippen molar-refractivity contribution in [2.45, 2.75) is 26.3 Å². The van der Waals surface area contributed by atoms with Crippen LogP contribution in [0.3, 0.4) is 0 Å². The minimum absolute atomic E-state index is 0.0476. The van der Waals surface area contributed by atoms with Crippen LogP contribution in [-0.2, 0) is 4.79 Å². The summed E-state index contributed by atoms with van der Waals surface area (Å²) in [5.41, 5.74) is 4.86. The first-order chi connectivity index (χ1) is 4.89. The molecule has 4 N–H and O–H groups in total. The third-order valence-electron chi connectivity index (χ3n) is 1.52. The molecule has 66 valence electrons. The van der Waals surface area contributed by atoms with Gasteiger partial charge in [0.05, 0.1) is 0 Å². The van der Waals surface area contributed by atoms with Crippen molar-refractivity contribution in [3.63, 3.8) is 0 Å². The predicted molar refractivity (Wildman–Crippen MR) is 41.1 cm³/mol. The first-order valence-electron chi connectivity index (χ1n) is 3.48. The highest BCUT2D eigenvalue weighted by molar-refractivity contribution is 5.73. The molecule has 11 heavy (non-hydrogen) atoms. The quantitative estimate of drug-likeness (QED) is 0.533. The molecule has 0 rings (SSSR count). The first-order valence-corrected chi connectivity index (χ1v) is 3.48.